The Balaban J connectivity index is 2.33. The molecule has 0 nitrogen and oxygen atoms in total. The number of hydrogen-bond acceptors (Lipinski definition) is 0. The smallest absolute Gasteiger partial charge is 0.0548 e. The van der Waals surface area contributed by atoms with E-state index < -0.39 is 0 Å². The zero-order valence-corrected chi connectivity index (χ0v) is 13.0. The summed E-state index contributed by atoms with van der Waals surface area (Å²) in [5, 5.41) is 0. The van der Waals surface area contributed by atoms with Crippen LogP contribution in [0.25, 0.3) is 0 Å². The number of hydrogen-bond donors (Lipinski definition) is 0. The molecule has 0 radical (unpaired) electrons. The third kappa shape index (κ3) is 3.09. The lowest BCUT2D eigenvalue weighted by atomic mass is 10.1. The summed E-state index contributed by atoms with van der Waals surface area (Å²) in [5.41, 5.74) is 5.62. The normalized spacial score (nSPS) is 10.6. The van der Waals surface area contributed by atoms with Crippen LogP contribution in [-0.4, -0.2) is 0 Å². The quantitative estimate of drug-likeness (QED) is 0.719. The molecule has 0 N–H and O–H groups in total. The van der Waals surface area contributed by atoms with Gasteiger partial charge < -0.3 is 0 Å². The number of benzene rings is 2. The van der Waals surface area contributed by atoms with Gasteiger partial charge in [0.05, 0.1) is 0 Å². The topological polar surface area (TPSA) is 0 Å². The highest BCUT2D eigenvalue weighted by Crippen LogP contribution is 2.07. The van der Waals surface area contributed by atoms with Crippen molar-refractivity contribution in [1.29, 1.82) is 0 Å². The van der Waals surface area contributed by atoms with Crippen LogP contribution < -0.4 is 21.2 Å². The van der Waals surface area contributed by atoms with Gasteiger partial charge in [-0.2, -0.15) is 0 Å². The average Bonchev–Trinajstić information content (AvgIpc) is 2.26. The highest BCUT2D eigenvalue weighted by atomic mass is 127. The van der Waals surface area contributed by atoms with Crippen LogP contribution in [0.1, 0.15) is 22.3 Å². The van der Waals surface area contributed by atoms with Crippen LogP contribution in [0.4, 0.5) is 0 Å². The second-order valence-corrected chi connectivity index (χ2v) is 7.47. The molecule has 0 saturated heterocycles. The largest absolute Gasteiger partial charge is 0.358 e. The van der Waals surface area contributed by atoms with Gasteiger partial charge >= 0.3 is 21.2 Å². The molecule has 17 heavy (non-hydrogen) atoms. The Morgan fingerprint density at radius 1 is 0.706 bits per heavy atom. The molecule has 0 atom stereocenters. The molecule has 2 rings (SSSR count). The van der Waals surface area contributed by atoms with Gasteiger partial charge in [-0.25, -0.2) is 0 Å². The highest BCUT2D eigenvalue weighted by molar-refractivity contribution is 5.27. The Morgan fingerprint density at radius 2 is 1.24 bits per heavy atom. The summed E-state index contributed by atoms with van der Waals surface area (Å²) in [6.45, 7) is 8.80. The van der Waals surface area contributed by atoms with E-state index in [0.717, 1.165) is 0 Å². The SMILES string of the molecule is Cc1ccc([I+]c2c(C)cc(C)cc2C)cc1. The van der Waals surface area contributed by atoms with Crippen LogP contribution in [0.15, 0.2) is 36.4 Å². The molecule has 2 aromatic carbocycles. The highest BCUT2D eigenvalue weighted by Gasteiger charge is 2.20. The van der Waals surface area contributed by atoms with Crippen LogP contribution in [-0.2, 0) is 0 Å². The third-order valence-corrected chi connectivity index (χ3v) is 6.38. The van der Waals surface area contributed by atoms with E-state index in [2.05, 4.69) is 64.1 Å². The van der Waals surface area contributed by atoms with Gasteiger partial charge in [0.25, 0.3) is 0 Å². The van der Waals surface area contributed by atoms with Gasteiger partial charge in [0.2, 0.25) is 0 Å². The average molecular weight is 337 g/mol. The van der Waals surface area contributed by atoms with Gasteiger partial charge in [-0.05, 0) is 39.8 Å². The number of halogens is 1. The Kier molecular flexibility index (Phi) is 3.87. The van der Waals surface area contributed by atoms with E-state index >= 15 is 0 Å². The van der Waals surface area contributed by atoms with Crippen molar-refractivity contribution in [3.05, 3.63) is 65.8 Å². The molecule has 0 aliphatic carbocycles. The van der Waals surface area contributed by atoms with Crippen molar-refractivity contribution in [3.63, 3.8) is 0 Å². The molecule has 0 heterocycles. The monoisotopic (exact) mass is 337 g/mol. The molecule has 0 aliphatic rings. The van der Waals surface area contributed by atoms with Crippen molar-refractivity contribution in [1.82, 2.24) is 0 Å². The summed E-state index contributed by atoms with van der Waals surface area (Å²) in [5.74, 6) is 0. The molecular weight excluding hydrogens is 319 g/mol. The van der Waals surface area contributed by atoms with E-state index in [-0.39, 0.29) is 21.2 Å². The Morgan fingerprint density at radius 3 is 1.76 bits per heavy atom. The van der Waals surface area contributed by atoms with Crippen molar-refractivity contribution in [2.24, 2.45) is 0 Å². The lowest BCUT2D eigenvalue weighted by Gasteiger charge is -2.00. The Labute approximate surface area is 114 Å². The van der Waals surface area contributed by atoms with E-state index in [4.69, 9.17) is 0 Å². The molecule has 0 unspecified atom stereocenters. The van der Waals surface area contributed by atoms with E-state index in [9.17, 15) is 0 Å². The maximum atomic E-state index is 2.30. The third-order valence-electron chi connectivity index (χ3n) is 2.80. The predicted octanol–water partition coefficient (Wildman–Crippen LogP) is 1.05. The summed E-state index contributed by atoms with van der Waals surface area (Å²) in [6.07, 6.45) is 0. The standard InChI is InChI=1S/C16H18I/c1-11-5-7-15(8-6-11)17-16-13(3)9-12(2)10-14(16)4/h5-10H,1-4H3/q+1. The molecular formula is C16H18I+. The molecule has 88 valence electrons. The predicted molar refractivity (Wildman–Crippen MR) is 69.2 cm³/mol. The molecule has 0 spiro atoms. The van der Waals surface area contributed by atoms with Crippen molar-refractivity contribution in [2.75, 3.05) is 0 Å². The summed E-state index contributed by atoms with van der Waals surface area (Å²) < 4.78 is 3.09. The van der Waals surface area contributed by atoms with E-state index in [1.165, 1.54) is 25.8 Å². The zero-order valence-electron chi connectivity index (χ0n) is 10.8. The van der Waals surface area contributed by atoms with Crippen molar-refractivity contribution >= 4 is 0 Å². The maximum Gasteiger partial charge on any atom is 0.358 e. The number of rotatable bonds is 2. The Hall–Kier alpha value is -0.830. The first-order valence-electron chi connectivity index (χ1n) is 5.85. The van der Waals surface area contributed by atoms with Gasteiger partial charge in [0.1, 0.15) is 0 Å². The molecule has 0 fully saturated rings. The fourth-order valence-electron chi connectivity index (χ4n) is 2.02. The van der Waals surface area contributed by atoms with Gasteiger partial charge in [-0.3, -0.25) is 0 Å². The summed E-state index contributed by atoms with van der Waals surface area (Å²) in [4.78, 5) is 0. The van der Waals surface area contributed by atoms with E-state index in [1.54, 1.807) is 3.57 Å². The second-order valence-electron chi connectivity index (χ2n) is 4.60. The minimum atomic E-state index is -0.0403. The van der Waals surface area contributed by atoms with Crippen LogP contribution in [0.2, 0.25) is 0 Å². The van der Waals surface area contributed by atoms with Crippen LogP contribution in [0.5, 0.6) is 0 Å². The molecule has 1 heteroatoms. The first kappa shape index (κ1) is 12.6. The molecule has 2 aromatic rings. The summed E-state index contributed by atoms with van der Waals surface area (Å²) in [6, 6.07) is 13.6. The van der Waals surface area contributed by atoms with E-state index in [1.807, 2.05) is 0 Å². The van der Waals surface area contributed by atoms with Crippen molar-refractivity contribution in [3.8, 4) is 0 Å². The first-order valence-corrected chi connectivity index (χ1v) is 8.01. The van der Waals surface area contributed by atoms with Crippen LogP contribution >= 0.6 is 0 Å². The van der Waals surface area contributed by atoms with Gasteiger partial charge in [0.15, 0.2) is 7.14 Å². The molecule has 0 aromatic heterocycles. The fourth-order valence-corrected chi connectivity index (χ4v) is 4.52. The minimum absolute atomic E-state index is 0.0403. The summed E-state index contributed by atoms with van der Waals surface area (Å²) in [7, 11) is 0. The zero-order chi connectivity index (χ0) is 12.4. The lowest BCUT2D eigenvalue weighted by Crippen LogP contribution is -3.62. The summed E-state index contributed by atoms with van der Waals surface area (Å²) >= 11 is -0.0403. The second kappa shape index (κ2) is 5.21. The van der Waals surface area contributed by atoms with Crippen LogP contribution in [0.3, 0.4) is 0 Å². The number of aryl methyl sites for hydroxylation is 4. The molecule has 0 amide bonds. The Bertz CT molecular complexity index is 501. The maximum absolute atomic E-state index is 2.30. The van der Waals surface area contributed by atoms with Gasteiger partial charge in [-0.15, -0.1) is 0 Å². The minimum Gasteiger partial charge on any atom is -0.0548 e. The molecule has 0 saturated carbocycles. The first-order chi connectivity index (χ1) is 8.06. The van der Waals surface area contributed by atoms with Gasteiger partial charge in [0, 0.05) is 11.1 Å². The molecule has 0 bridgehead atoms. The fraction of sp³-hybridized carbons (Fsp3) is 0.250. The van der Waals surface area contributed by atoms with Gasteiger partial charge in [-0.1, -0.05) is 35.4 Å². The van der Waals surface area contributed by atoms with Crippen LogP contribution in [0, 0.1) is 34.8 Å². The van der Waals surface area contributed by atoms with Crippen molar-refractivity contribution < 1.29 is 21.2 Å². The van der Waals surface area contributed by atoms with Crippen molar-refractivity contribution in [2.45, 2.75) is 27.7 Å². The lowest BCUT2D eigenvalue weighted by molar-refractivity contribution is -0.598. The molecule has 0 aliphatic heterocycles. The van der Waals surface area contributed by atoms with E-state index in [0.29, 0.717) is 0 Å².